The monoisotopic (exact) mass is 469 g/mol. The zero-order valence-electron chi connectivity index (χ0n) is 22.7. The van der Waals surface area contributed by atoms with Crippen LogP contribution in [0.3, 0.4) is 0 Å². The first kappa shape index (κ1) is 31.2. The Hall–Kier alpha value is -2.82. The van der Waals surface area contributed by atoms with Crippen molar-refractivity contribution in [3.63, 3.8) is 0 Å². The highest BCUT2D eigenvalue weighted by Crippen LogP contribution is 2.32. The van der Waals surface area contributed by atoms with E-state index in [1.165, 1.54) is 52.7 Å². The standard InChI is InChI=1S/C17H24N2.C7H11NO.C3H8.C2H4O/c1-5-13-6-7-16-15(9-13)17(12(4)19-16)14(10-18)8-11(2)3;1-3-7(9)8-4-6(2)5-8;1-3-2;1-2-3/h6-7,9-11,19H,5,8,18H2,1-4H3;3,6H,1,4-5H2,2H3;3H2,1-2H3;2H,1H3/b14-10+;;;. The Morgan fingerprint density at radius 3 is 2.24 bits per heavy atom. The average molecular weight is 470 g/mol. The normalized spacial score (nSPS) is 13.0. The third-order valence-electron chi connectivity index (χ3n) is 5.16. The Morgan fingerprint density at radius 2 is 1.82 bits per heavy atom. The molecule has 3 rings (SSSR count). The van der Waals surface area contributed by atoms with Gasteiger partial charge in [-0.3, -0.25) is 4.79 Å². The lowest BCUT2D eigenvalue weighted by Gasteiger charge is -2.36. The van der Waals surface area contributed by atoms with E-state index < -0.39 is 0 Å². The Kier molecular flexibility index (Phi) is 15.4. The number of nitrogens with zero attached hydrogens (tertiary/aromatic N) is 1. The molecule has 5 nitrogen and oxygen atoms in total. The van der Waals surface area contributed by atoms with Crippen molar-refractivity contribution in [2.75, 3.05) is 13.1 Å². The molecule has 0 aliphatic carbocycles. The number of rotatable bonds is 5. The summed E-state index contributed by atoms with van der Waals surface area (Å²) < 4.78 is 0. The number of aromatic nitrogens is 1. The van der Waals surface area contributed by atoms with Gasteiger partial charge in [0, 0.05) is 35.2 Å². The van der Waals surface area contributed by atoms with Crippen molar-refractivity contribution >= 4 is 28.7 Å². The van der Waals surface area contributed by atoms with E-state index in [9.17, 15) is 4.79 Å². The van der Waals surface area contributed by atoms with Crippen LogP contribution in [-0.4, -0.2) is 35.2 Å². The topological polar surface area (TPSA) is 79.2 Å². The number of hydrogen-bond acceptors (Lipinski definition) is 3. The van der Waals surface area contributed by atoms with Crippen molar-refractivity contribution < 1.29 is 9.59 Å². The number of aromatic amines is 1. The number of carbonyl (C=O) groups is 2. The second-order valence-corrected chi connectivity index (χ2v) is 9.14. The second-order valence-electron chi connectivity index (χ2n) is 9.14. The Bertz CT molecular complexity index is 919. The van der Waals surface area contributed by atoms with E-state index in [1.54, 1.807) is 11.1 Å². The fourth-order valence-electron chi connectivity index (χ4n) is 3.71. The van der Waals surface area contributed by atoms with Crippen LogP contribution in [0.25, 0.3) is 16.5 Å². The number of amides is 1. The molecule has 1 saturated heterocycles. The summed E-state index contributed by atoms with van der Waals surface area (Å²) in [6.45, 7) is 21.8. The van der Waals surface area contributed by atoms with Crippen molar-refractivity contribution in [2.24, 2.45) is 17.6 Å². The molecule has 0 unspecified atom stereocenters. The second kappa shape index (κ2) is 16.7. The summed E-state index contributed by atoms with van der Waals surface area (Å²) in [7, 11) is 0. The van der Waals surface area contributed by atoms with E-state index in [-0.39, 0.29) is 5.91 Å². The summed E-state index contributed by atoms with van der Waals surface area (Å²) in [5.41, 5.74) is 12.2. The largest absolute Gasteiger partial charge is 0.404 e. The van der Waals surface area contributed by atoms with Crippen LogP contribution in [0.2, 0.25) is 0 Å². The molecule has 1 fully saturated rings. The first-order chi connectivity index (χ1) is 16.1. The van der Waals surface area contributed by atoms with Gasteiger partial charge in [-0.1, -0.05) is 60.6 Å². The van der Waals surface area contributed by atoms with Gasteiger partial charge in [0.2, 0.25) is 5.91 Å². The first-order valence-corrected chi connectivity index (χ1v) is 12.5. The minimum Gasteiger partial charge on any atom is -0.404 e. The average Bonchev–Trinajstić information content (AvgIpc) is 3.11. The lowest BCUT2D eigenvalue weighted by Crippen LogP contribution is -2.47. The maximum absolute atomic E-state index is 10.7. The summed E-state index contributed by atoms with van der Waals surface area (Å²) in [6.07, 6.45) is 7.21. The fourth-order valence-corrected chi connectivity index (χ4v) is 3.71. The lowest BCUT2D eigenvalue weighted by atomic mass is 9.94. The van der Waals surface area contributed by atoms with Crippen molar-refractivity contribution in [1.29, 1.82) is 0 Å². The van der Waals surface area contributed by atoms with Gasteiger partial charge in [0.1, 0.15) is 6.29 Å². The SMILES string of the molecule is C=CC(=O)N1CC(C)C1.CC=O.CCC.CCc1ccc2[nH]c(C)c(/C(=C/N)CC(C)C)c2c1. The number of allylic oxidation sites excluding steroid dienone is 1. The maximum Gasteiger partial charge on any atom is 0.245 e. The number of aryl methyl sites for hydroxylation is 2. The van der Waals surface area contributed by atoms with E-state index in [1.807, 2.05) is 0 Å². The minimum atomic E-state index is 0.0631. The van der Waals surface area contributed by atoms with Gasteiger partial charge in [-0.25, -0.2) is 0 Å². The van der Waals surface area contributed by atoms with Gasteiger partial charge < -0.3 is 20.4 Å². The van der Waals surface area contributed by atoms with Crippen molar-refractivity contribution in [3.8, 4) is 0 Å². The smallest absolute Gasteiger partial charge is 0.245 e. The summed E-state index contributed by atoms with van der Waals surface area (Å²) in [5, 5.41) is 1.30. The number of nitrogens with one attached hydrogen (secondary N) is 1. The molecule has 190 valence electrons. The molecule has 0 spiro atoms. The van der Waals surface area contributed by atoms with Gasteiger partial charge in [0.15, 0.2) is 0 Å². The third kappa shape index (κ3) is 9.98. The Morgan fingerprint density at radius 1 is 1.26 bits per heavy atom. The summed E-state index contributed by atoms with van der Waals surface area (Å²) in [4.78, 5) is 24.8. The van der Waals surface area contributed by atoms with Gasteiger partial charge in [-0.15, -0.1) is 0 Å². The number of benzene rings is 1. The number of carbonyl (C=O) groups excluding carboxylic acids is 2. The zero-order valence-corrected chi connectivity index (χ0v) is 22.7. The summed E-state index contributed by atoms with van der Waals surface area (Å²) in [6, 6.07) is 6.66. The number of hydrogen-bond donors (Lipinski definition) is 2. The molecule has 1 aromatic carbocycles. The molecule has 5 heteroatoms. The number of likely N-dealkylation sites (tertiary alicyclic amines) is 1. The van der Waals surface area contributed by atoms with Crippen LogP contribution >= 0.6 is 0 Å². The van der Waals surface area contributed by atoms with E-state index in [0.29, 0.717) is 11.8 Å². The van der Waals surface area contributed by atoms with Gasteiger partial charge in [0.25, 0.3) is 0 Å². The molecule has 1 amide bonds. The number of H-pyrrole nitrogens is 1. The number of nitrogens with two attached hydrogens (primary N) is 1. The summed E-state index contributed by atoms with van der Waals surface area (Å²) >= 11 is 0. The highest BCUT2D eigenvalue weighted by atomic mass is 16.2. The van der Waals surface area contributed by atoms with Crippen molar-refractivity contribution in [2.45, 2.75) is 74.7 Å². The molecule has 0 bridgehead atoms. The molecule has 0 saturated carbocycles. The Labute approximate surface area is 207 Å². The van der Waals surface area contributed by atoms with E-state index in [0.717, 1.165) is 32.2 Å². The molecule has 1 aliphatic heterocycles. The predicted molar refractivity (Wildman–Crippen MR) is 148 cm³/mol. The fraction of sp³-hybridized carbons (Fsp3) is 0.517. The maximum atomic E-state index is 10.7. The summed E-state index contributed by atoms with van der Waals surface area (Å²) in [5.74, 6) is 1.36. The van der Waals surface area contributed by atoms with Crippen molar-refractivity contribution in [1.82, 2.24) is 9.88 Å². The van der Waals surface area contributed by atoms with E-state index >= 15 is 0 Å². The van der Waals surface area contributed by atoms with Crippen LogP contribution in [0, 0.1) is 18.8 Å². The number of aldehydes is 1. The van der Waals surface area contributed by atoms with E-state index in [4.69, 9.17) is 10.5 Å². The molecule has 2 aromatic rings. The van der Waals surface area contributed by atoms with Crippen LogP contribution in [0.5, 0.6) is 0 Å². The zero-order chi connectivity index (χ0) is 26.3. The van der Waals surface area contributed by atoms with Gasteiger partial charge in [-0.05, 0) is 74.1 Å². The highest BCUT2D eigenvalue weighted by Gasteiger charge is 2.24. The van der Waals surface area contributed by atoms with E-state index in [2.05, 4.69) is 78.2 Å². The molecule has 3 N–H and O–H groups in total. The first-order valence-electron chi connectivity index (χ1n) is 12.5. The molecule has 2 heterocycles. The third-order valence-corrected chi connectivity index (χ3v) is 5.16. The van der Waals surface area contributed by atoms with Gasteiger partial charge in [0.05, 0.1) is 0 Å². The molecule has 0 radical (unpaired) electrons. The van der Waals surface area contributed by atoms with Gasteiger partial charge in [-0.2, -0.15) is 0 Å². The van der Waals surface area contributed by atoms with Crippen LogP contribution in [0.4, 0.5) is 0 Å². The van der Waals surface area contributed by atoms with Crippen molar-refractivity contribution in [3.05, 3.63) is 53.9 Å². The van der Waals surface area contributed by atoms with Crippen LogP contribution < -0.4 is 5.73 Å². The number of fused-ring (bicyclic) bond motifs is 1. The lowest BCUT2D eigenvalue weighted by molar-refractivity contribution is -0.131. The molecular weight excluding hydrogens is 422 g/mol. The predicted octanol–water partition coefficient (Wildman–Crippen LogP) is 6.66. The minimum absolute atomic E-state index is 0.0631. The molecular formula is C29H47N3O2. The molecule has 1 aliphatic rings. The quantitative estimate of drug-likeness (QED) is 0.380. The molecule has 0 atom stereocenters. The Balaban J connectivity index is 0.000000601. The van der Waals surface area contributed by atoms with Crippen LogP contribution in [-0.2, 0) is 16.0 Å². The van der Waals surface area contributed by atoms with Crippen LogP contribution in [0.1, 0.15) is 78.1 Å². The van der Waals surface area contributed by atoms with Crippen LogP contribution in [0.15, 0.2) is 37.1 Å². The molecule has 34 heavy (non-hydrogen) atoms. The molecule has 1 aromatic heterocycles. The highest BCUT2D eigenvalue weighted by molar-refractivity contribution is 5.94. The van der Waals surface area contributed by atoms with Gasteiger partial charge >= 0.3 is 0 Å².